The van der Waals surface area contributed by atoms with Gasteiger partial charge in [-0.05, 0) is 66.4 Å². The van der Waals surface area contributed by atoms with Crippen LogP contribution in [0.25, 0.3) is 22.4 Å². The number of halogens is 1. The van der Waals surface area contributed by atoms with Crippen molar-refractivity contribution in [3.63, 3.8) is 0 Å². The van der Waals surface area contributed by atoms with Crippen molar-refractivity contribution >= 4 is 22.6 Å². The van der Waals surface area contributed by atoms with Crippen LogP contribution in [-0.2, 0) is 6.54 Å². The number of aromatic nitrogens is 2. The Morgan fingerprint density at radius 3 is 2.41 bits per heavy atom. The summed E-state index contributed by atoms with van der Waals surface area (Å²) in [5, 5.41) is 0.723. The zero-order valence-corrected chi connectivity index (χ0v) is 17.6. The van der Waals surface area contributed by atoms with Crippen molar-refractivity contribution in [1.29, 1.82) is 0 Å². The third-order valence-corrected chi connectivity index (χ3v) is 5.65. The topological polar surface area (TPSA) is 27.1 Å². The highest BCUT2D eigenvalue weighted by Gasteiger charge is 2.12. The maximum atomic E-state index is 6.06. The Balaban J connectivity index is 1.54. The van der Waals surface area contributed by atoms with Gasteiger partial charge in [-0.25, -0.2) is 4.98 Å². The molecule has 0 fully saturated rings. The lowest BCUT2D eigenvalue weighted by molar-refractivity contribution is 0.300. The maximum absolute atomic E-state index is 6.06. The number of fused-ring (bicyclic) bond motifs is 1. The second-order valence-corrected chi connectivity index (χ2v) is 7.75. The van der Waals surface area contributed by atoms with Gasteiger partial charge in [0.1, 0.15) is 18.2 Å². The van der Waals surface area contributed by atoms with Gasteiger partial charge in [0.15, 0.2) is 0 Å². The highest BCUT2D eigenvalue weighted by molar-refractivity contribution is 6.30. The van der Waals surface area contributed by atoms with Crippen LogP contribution >= 0.6 is 11.6 Å². The molecule has 0 spiro atoms. The number of benzene rings is 3. The average molecular weight is 405 g/mol. The molecular formula is C25H25ClN2O. The minimum Gasteiger partial charge on any atom is -0.492 e. The second-order valence-electron chi connectivity index (χ2n) is 7.31. The number of rotatable bonds is 7. The van der Waals surface area contributed by atoms with Crippen molar-refractivity contribution in [2.45, 2.75) is 32.7 Å². The molecule has 4 rings (SSSR count). The summed E-state index contributed by atoms with van der Waals surface area (Å²) in [4.78, 5) is 4.84. The zero-order chi connectivity index (χ0) is 20.2. The summed E-state index contributed by atoms with van der Waals surface area (Å²) in [6.07, 6.45) is 1.14. The van der Waals surface area contributed by atoms with Crippen LogP contribution in [-0.4, -0.2) is 16.2 Å². The molecule has 1 unspecified atom stereocenters. The first-order chi connectivity index (χ1) is 14.2. The van der Waals surface area contributed by atoms with E-state index >= 15 is 0 Å². The highest BCUT2D eigenvalue weighted by atomic mass is 35.5. The van der Waals surface area contributed by atoms with Crippen molar-refractivity contribution in [3.8, 4) is 17.1 Å². The molecule has 0 aliphatic carbocycles. The van der Waals surface area contributed by atoms with E-state index in [0.717, 1.165) is 39.6 Å². The first-order valence-corrected chi connectivity index (χ1v) is 10.5. The third kappa shape index (κ3) is 4.30. The summed E-state index contributed by atoms with van der Waals surface area (Å²) in [5.74, 6) is 2.40. The number of hydrogen-bond donors (Lipinski definition) is 0. The highest BCUT2D eigenvalue weighted by Crippen LogP contribution is 2.26. The van der Waals surface area contributed by atoms with Crippen molar-refractivity contribution < 1.29 is 4.74 Å². The van der Waals surface area contributed by atoms with Crippen LogP contribution in [0, 0.1) is 0 Å². The van der Waals surface area contributed by atoms with E-state index in [1.807, 2.05) is 42.5 Å². The van der Waals surface area contributed by atoms with Crippen LogP contribution in [0.5, 0.6) is 5.75 Å². The number of para-hydroxylation sites is 2. The van der Waals surface area contributed by atoms with Crippen LogP contribution in [0.15, 0.2) is 72.8 Å². The van der Waals surface area contributed by atoms with E-state index < -0.39 is 0 Å². The molecule has 0 saturated heterocycles. The molecule has 0 radical (unpaired) electrons. The number of ether oxygens (including phenoxy) is 1. The Morgan fingerprint density at radius 2 is 1.69 bits per heavy atom. The van der Waals surface area contributed by atoms with Gasteiger partial charge in [-0.15, -0.1) is 0 Å². The standard InChI is InChI=1S/C25H25ClN2O/c1-3-18(2)19-10-14-22(15-11-19)29-17-16-28-24-7-5-4-6-23(24)27-25(28)20-8-12-21(26)13-9-20/h4-15,18H,3,16-17H2,1-2H3. The van der Waals surface area contributed by atoms with Gasteiger partial charge in [-0.3, -0.25) is 0 Å². The lowest BCUT2D eigenvalue weighted by atomic mass is 9.99. The quantitative estimate of drug-likeness (QED) is 0.333. The largest absolute Gasteiger partial charge is 0.492 e. The monoisotopic (exact) mass is 404 g/mol. The summed E-state index contributed by atoms with van der Waals surface area (Å²) in [7, 11) is 0. The Labute approximate surface area is 176 Å². The van der Waals surface area contributed by atoms with E-state index in [4.69, 9.17) is 21.3 Å². The third-order valence-electron chi connectivity index (χ3n) is 5.40. The van der Waals surface area contributed by atoms with Gasteiger partial charge in [-0.1, -0.05) is 49.7 Å². The molecule has 1 heterocycles. The molecule has 0 saturated carbocycles. The summed E-state index contributed by atoms with van der Waals surface area (Å²) < 4.78 is 8.25. The summed E-state index contributed by atoms with van der Waals surface area (Å²) in [6, 6.07) is 24.5. The van der Waals surface area contributed by atoms with Crippen LogP contribution in [0.2, 0.25) is 5.02 Å². The van der Waals surface area contributed by atoms with Crippen molar-refractivity contribution in [3.05, 3.63) is 83.4 Å². The molecule has 0 aliphatic heterocycles. The van der Waals surface area contributed by atoms with Gasteiger partial charge in [0.2, 0.25) is 0 Å². The molecule has 4 aromatic rings. The van der Waals surface area contributed by atoms with Crippen LogP contribution in [0.1, 0.15) is 31.7 Å². The molecule has 3 aromatic carbocycles. The summed E-state index contributed by atoms with van der Waals surface area (Å²) in [6.45, 7) is 5.75. The molecule has 0 aliphatic rings. The fraction of sp³-hybridized carbons (Fsp3) is 0.240. The average Bonchev–Trinajstić information content (AvgIpc) is 3.13. The number of hydrogen-bond acceptors (Lipinski definition) is 2. The van der Waals surface area contributed by atoms with Gasteiger partial charge in [-0.2, -0.15) is 0 Å². The minimum absolute atomic E-state index is 0.572. The Kier molecular flexibility index (Phi) is 5.86. The number of nitrogens with zero attached hydrogens (tertiary/aromatic N) is 2. The lowest BCUT2D eigenvalue weighted by Gasteiger charge is -2.13. The predicted molar refractivity (Wildman–Crippen MR) is 121 cm³/mol. The van der Waals surface area contributed by atoms with E-state index in [1.165, 1.54) is 5.56 Å². The SMILES string of the molecule is CCC(C)c1ccc(OCCn2c(-c3ccc(Cl)cc3)nc3ccccc32)cc1. The molecule has 29 heavy (non-hydrogen) atoms. The molecule has 4 heteroatoms. The summed E-state index contributed by atoms with van der Waals surface area (Å²) >= 11 is 6.06. The Morgan fingerprint density at radius 1 is 0.966 bits per heavy atom. The Hall–Kier alpha value is -2.78. The van der Waals surface area contributed by atoms with E-state index in [2.05, 4.69) is 48.7 Å². The first-order valence-electron chi connectivity index (χ1n) is 10.1. The van der Waals surface area contributed by atoms with Gasteiger partial charge < -0.3 is 9.30 Å². The molecule has 3 nitrogen and oxygen atoms in total. The van der Waals surface area contributed by atoms with Crippen molar-refractivity contribution in [2.24, 2.45) is 0 Å². The van der Waals surface area contributed by atoms with E-state index in [9.17, 15) is 0 Å². The van der Waals surface area contributed by atoms with Gasteiger partial charge in [0, 0.05) is 10.6 Å². The lowest BCUT2D eigenvalue weighted by Crippen LogP contribution is -2.09. The molecule has 0 N–H and O–H groups in total. The van der Waals surface area contributed by atoms with Crippen LogP contribution in [0.4, 0.5) is 0 Å². The van der Waals surface area contributed by atoms with Crippen molar-refractivity contribution in [1.82, 2.24) is 9.55 Å². The fourth-order valence-corrected chi connectivity index (χ4v) is 3.63. The van der Waals surface area contributed by atoms with Crippen LogP contribution < -0.4 is 4.74 Å². The molecule has 1 aromatic heterocycles. The molecule has 0 bridgehead atoms. The smallest absolute Gasteiger partial charge is 0.141 e. The van der Waals surface area contributed by atoms with E-state index in [1.54, 1.807) is 0 Å². The first kappa shape index (κ1) is 19.5. The Bertz CT molecular complexity index is 1080. The van der Waals surface area contributed by atoms with Crippen LogP contribution in [0.3, 0.4) is 0 Å². The van der Waals surface area contributed by atoms with Crippen molar-refractivity contribution in [2.75, 3.05) is 6.61 Å². The van der Waals surface area contributed by atoms with E-state index in [0.29, 0.717) is 19.1 Å². The molecule has 148 valence electrons. The normalized spacial score (nSPS) is 12.2. The molecule has 1 atom stereocenters. The molecular weight excluding hydrogens is 380 g/mol. The zero-order valence-electron chi connectivity index (χ0n) is 16.8. The van der Waals surface area contributed by atoms with Gasteiger partial charge in [0.25, 0.3) is 0 Å². The fourth-order valence-electron chi connectivity index (χ4n) is 3.50. The maximum Gasteiger partial charge on any atom is 0.141 e. The van der Waals surface area contributed by atoms with E-state index in [-0.39, 0.29) is 0 Å². The molecule has 0 amide bonds. The van der Waals surface area contributed by atoms with Gasteiger partial charge >= 0.3 is 0 Å². The van der Waals surface area contributed by atoms with Gasteiger partial charge in [0.05, 0.1) is 17.6 Å². The second kappa shape index (κ2) is 8.71. The number of imidazole rings is 1. The predicted octanol–water partition coefficient (Wildman–Crippen LogP) is 6.95. The summed E-state index contributed by atoms with van der Waals surface area (Å²) in [5.41, 5.74) is 4.48. The minimum atomic E-state index is 0.572.